The highest BCUT2D eigenvalue weighted by molar-refractivity contribution is 5.76. The van der Waals surface area contributed by atoms with Crippen molar-refractivity contribution in [2.45, 2.75) is 32.9 Å². The lowest BCUT2D eigenvalue weighted by molar-refractivity contribution is 0.306. The number of benzene rings is 2. The quantitative estimate of drug-likeness (QED) is 0.754. The third kappa shape index (κ3) is 3.12. The summed E-state index contributed by atoms with van der Waals surface area (Å²) in [7, 11) is 0. The molecular weight excluding hydrogens is 274 g/mol. The zero-order valence-electron chi connectivity index (χ0n) is 13.0. The number of nitrogens with zero attached hydrogens (tertiary/aromatic N) is 1. The van der Waals surface area contributed by atoms with Gasteiger partial charge in [0, 0.05) is 18.5 Å². The molecule has 1 heterocycles. The highest BCUT2D eigenvalue weighted by Gasteiger charge is 2.07. The first-order chi connectivity index (χ1) is 10.7. The molecule has 2 aromatic carbocycles. The molecule has 0 fully saturated rings. The predicted molar refractivity (Wildman–Crippen MR) is 88.8 cm³/mol. The van der Waals surface area contributed by atoms with Crippen LogP contribution in [0.25, 0.3) is 11.0 Å². The zero-order valence-corrected chi connectivity index (χ0v) is 13.0. The summed E-state index contributed by atoms with van der Waals surface area (Å²) in [6.07, 6.45) is 0. The van der Waals surface area contributed by atoms with Crippen molar-refractivity contribution in [3.05, 3.63) is 59.4 Å². The van der Waals surface area contributed by atoms with Gasteiger partial charge in [0.2, 0.25) is 0 Å². The Morgan fingerprint density at radius 2 is 1.82 bits per heavy atom. The molecule has 0 aliphatic carbocycles. The van der Waals surface area contributed by atoms with E-state index in [0.717, 1.165) is 33.7 Å². The van der Waals surface area contributed by atoms with E-state index in [1.807, 2.05) is 42.5 Å². The molecule has 3 aromatic rings. The normalized spacial score (nSPS) is 11.3. The number of aromatic amines is 1. The fraction of sp³-hybridized carbons (Fsp3) is 0.278. The summed E-state index contributed by atoms with van der Waals surface area (Å²) in [5, 5.41) is 0. The van der Waals surface area contributed by atoms with E-state index in [1.54, 1.807) is 0 Å². The van der Waals surface area contributed by atoms with Gasteiger partial charge in [0.05, 0.1) is 11.0 Å². The molecule has 0 unspecified atom stereocenters. The van der Waals surface area contributed by atoms with Crippen molar-refractivity contribution >= 4 is 11.0 Å². The van der Waals surface area contributed by atoms with Crippen LogP contribution in [-0.4, -0.2) is 9.97 Å². The number of ether oxygens (including phenoxy) is 1. The van der Waals surface area contributed by atoms with E-state index in [4.69, 9.17) is 10.5 Å². The van der Waals surface area contributed by atoms with E-state index in [0.29, 0.717) is 19.1 Å². The van der Waals surface area contributed by atoms with Crippen molar-refractivity contribution in [1.29, 1.82) is 0 Å². The molecule has 0 amide bonds. The Bertz CT molecular complexity index is 760. The summed E-state index contributed by atoms with van der Waals surface area (Å²) in [6.45, 7) is 5.36. The Morgan fingerprint density at radius 1 is 1.09 bits per heavy atom. The first-order valence-electron chi connectivity index (χ1n) is 7.56. The Balaban J connectivity index is 1.72. The van der Waals surface area contributed by atoms with Gasteiger partial charge in [0.15, 0.2) is 0 Å². The van der Waals surface area contributed by atoms with E-state index < -0.39 is 0 Å². The van der Waals surface area contributed by atoms with Crippen molar-refractivity contribution in [2.75, 3.05) is 0 Å². The lowest BCUT2D eigenvalue weighted by atomic mass is 10.1. The SMILES string of the molecule is CC(C)c1nc2ccc(OCc3ccc(CN)cc3)cc2[nH]1. The summed E-state index contributed by atoms with van der Waals surface area (Å²) >= 11 is 0. The minimum absolute atomic E-state index is 0.387. The summed E-state index contributed by atoms with van der Waals surface area (Å²) in [5.74, 6) is 2.23. The molecule has 4 heteroatoms. The van der Waals surface area contributed by atoms with E-state index in [2.05, 4.69) is 23.8 Å². The van der Waals surface area contributed by atoms with Crippen LogP contribution in [0.4, 0.5) is 0 Å². The predicted octanol–water partition coefficient (Wildman–Crippen LogP) is 3.72. The monoisotopic (exact) mass is 295 g/mol. The molecule has 0 radical (unpaired) electrons. The lowest BCUT2D eigenvalue weighted by Crippen LogP contribution is -1.98. The number of fused-ring (bicyclic) bond motifs is 1. The average molecular weight is 295 g/mol. The minimum atomic E-state index is 0.387. The van der Waals surface area contributed by atoms with Crippen molar-refractivity contribution in [2.24, 2.45) is 5.73 Å². The zero-order chi connectivity index (χ0) is 15.5. The number of nitrogens with one attached hydrogen (secondary N) is 1. The molecule has 0 aliphatic heterocycles. The van der Waals surface area contributed by atoms with E-state index in [-0.39, 0.29) is 0 Å². The molecule has 22 heavy (non-hydrogen) atoms. The highest BCUT2D eigenvalue weighted by atomic mass is 16.5. The van der Waals surface area contributed by atoms with Crippen LogP contribution < -0.4 is 10.5 Å². The molecule has 3 N–H and O–H groups in total. The van der Waals surface area contributed by atoms with Crippen molar-refractivity contribution in [3.63, 3.8) is 0 Å². The molecule has 4 nitrogen and oxygen atoms in total. The number of rotatable bonds is 5. The van der Waals surface area contributed by atoms with Crippen LogP contribution >= 0.6 is 0 Å². The first-order valence-corrected chi connectivity index (χ1v) is 7.56. The van der Waals surface area contributed by atoms with Gasteiger partial charge in [-0.1, -0.05) is 38.1 Å². The molecule has 0 saturated heterocycles. The average Bonchev–Trinajstić information content (AvgIpc) is 2.97. The number of hydrogen-bond donors (Lipinski definition) is 2. The Labute approximate surface area is 130 Å². The molecule has 0 saturated carbocycles. The van der Waals surface area contributed by atoms with Crippen LogP contribution in [0.5, 0.6) is 5.75 Å². The second kappa shape index (κ2) is 6.20. The van der Waals surface area contributed by atoms with Crippen molar-refractivity contribution < 1.29 is 4.74 Å². The van der Waals surface area contributed by atoms with Gasteiger partial charge in [-0.25, -0.2) is 4.98 Å². The van der Waals surface area contributed by atoms with E-state index in [1.165, 1.54) is 0 Å². The van der Waals surface area contributed by atoms with Crippen LogP contribution in [0.2, 0.25) is 0 Å². The number of nitrogens with two attached hydrogens (primary N) is 1. The fourth-order valence-corrected chi connectivity index (χ4v) is 2.31. The lowest BCUT2D eigenvalue weighted by Gasteiger charge is -2.07. The topological polar surface area (TPSA) is 63.9 Å². The van der Waals surface area contributed by atoms with Gasteiger partial charge in [0.25, 0.3) is 0 Å². The molecule has 3 rings (SSSR count). The van der Waals surface area contributed by atoms with Gasteiger partial charge in [0.1, 0.15) is 18.2 Å². The summed E-state index contributed by atoms with van der Waals surface area (Å²) in [6, 6.07) is 14.1. The number of aromatic nitrogens is 2. The van der Waals surface area contributed by atoms with Gasteiger partial charge in [-0.2, -0.15) is 0 Å². The third-order valence-corrected chi connectivity index (χ3v) is 3.68. The largest absolute Gasteiger partial charge is 0.489 e. The molecule has 0 aliphatic rings. The maximum Gasteiger partial charge on any atom is 0.122 e. The van der Waals surface area contributed by atoms with Gasteiger partial charge < -0.3 is 15.5 Å². The van der Waals surface area contributed by atoms with Gasteiger partial charge in [-0.15, -0.1) is 0 Å². The molecular formula is C18H21N3O. The fourth-order valence-electron chi connectivity index (χ4n) is 2.31. The third-order valence-electron chi connectivity index (χ3n) is 3.68. The smallest absolute Gasteiger partial charge is 0.122 e. The highest BCUT2D eigenvalue weighted by Crippen LogP contribution is 2.22. The number of imidazole rings is 1. The molecule has 0 bridgehead atoms. The maximum atomic E-state index is 5.86. The van der Waals surface area contributed by atoms with Gasteiger partial charge in [-0.3, -0.25) is 0 Å². The second-order valence-electron chi connectivity index (χ2n) is 5.76. The van der Waals surface area contributed by atoms with Crippen molar-refractivity contribution in [3.8, 4) is 5.75 Å². The van der Waals surface area contributed by atoms with Crippen LogP contribution in [0.15, 0.2) is 42.5 Å². The first kappa shape index (κ1) is 14.6. The van der Waals surface area contributed by atoms with Crippen LogP contribution in [0, 0.1) is 0 Å². The summed E-state index contributed by atoms with van der Waals surface area (Å²) < 4.78 is 5.86. The minimum Gasteiger partial charge on any atom is -0.489 e. The second-order valence-corrected chi connectivity index (χ2v) is 5.76. The number of hydrogen-bond acceptors (Lipinski definition) is 3. The molecule has 1 aromatic heterocycles. The van der Waals surface area contributed by atoms with Crippen LogP contribution in [0.3, 0.4) is 0 Å². The molecule has 114 valence electrons. The van der Waals surface area contributed by atoms with E-state index in [9.17, 15) is 0 Å². The van der Waals surface area contributed by atoms with Crippen LogP contribution in [0.1, 0.15) is 36.7 Å². The Kier molecular flexibility index (Phi) is 4.11. The van der Waals surface area contributed by atoms with Gasteiger partial charge >= 0.3 is 0 Å². The summed E-state index contributed by atoms with van der Waals surface area (Å²) in [5.41, 5.74) is 9.85. The summed E-state index contributed by atoms with van der Waals surface area (Å²) in [4.78, 5) is 7.91. The molecule has 0 spiro atoms. The van der Waals surface area contributed by atoms with Gasteiger partial charge in [-0.05, 0) is 23.3 Å². The maximum absolute atomic E-state index is 5.86. The number of H-pyrrole nitrogens is 1. The molecule has 0 atom stereocenters. The Hall–Kier alpha value is -2.33. The van der Waals surface area contributed by atoms with Crippen molar-refractivity contribution in [1.82, 2.24) is 9.97 Å². The van der Waals surface area contributed by atoms with Crippen LogP contribution in [-0.2, 0) is 13.2 Å². The standard InChI is InChI=1S/C18H21N3O/c1-12(2)18-20-16-8-7-15(9-17(16)21-18)22-11-14-5-3-13(10-19)4-6-14/h3-9,12H,10-11,19H2,1-2H3,(H,20,21). The Morgan fingerprint density at radius 3 is 2.50 bits per heavy atom. The van der Waals surface area contributed by atoms with E-state index >= 15 is 0 Å².